The molecule has 0 saturated heterocycles. The van der Waals surface area contributed by atoms with Crippen molar-refractivity contribution < 1.29 is 13.2 Å². The molecule has 1 aliphatic carbocycles. The molecular formula is C24H40N2O3S. The van der Waals surface area contributed by atoms with Crippen LogP contribution in [0.5, 0.6) is 0 Å². The first kappa shape index (κ1) is 25.1. The Labute approximate surface area is 184 Å². The van der Waals surface area contributed by atoms with Crippen LogP contribution in [0, 0.1) is 0 Å². The fraction of sp³-hybridized carbons (Fsp3) is 0.667. The van der Waals surface area contributed by atoms with Crippen molar-refractivity contribution in [2.75, 3.05) is 33.8 Å². The molecule has 30 heavy (non-hydrogen) atoms. The average molecular weight is 437 g/mol. The number of likely N-dealkylation sites (N-methyl/N-ethyl adjacent to an activating group) is 1. The second-order valence-electron chi connectivity index (χ2n) is 8.52. The van der Waals surface area contributed by atoms with Crippen molar-refractivity contribution in [1.29, 1.82) is 0 Å². The van der Waals surface area contributed by atoms with Gasteiger partial charge in [0.05, 0.1) is 11.9 Å². The molecule has 1 aromatic rings. The van der Waals surface area contributed by atoms with Gasteiger partial charge in [-0.15, -0.1) is 6.58 Å². The number of sulfonamides is 1. The second kappa shape index (κ2) is 13.3. The maximum atomic E-state index is 12.7. The van der Waals surface area contributed by atoms with Crippen molar-refractivity contribution in [3.8, 4) is 0 Å². The molecule has 0 N–H and O–H groups in total. The summed E-state index contributed by atoms with van der Waals surface area (Å²) in [5, 5.41) is 0. The minimum Gasteiger partial charge on any atom is -0.378 e. The molecule has 170 valence electrons. The highest BCUT2D eigenvalue weighted by Gasteiger charge is 2.30. The molecule has 0 radical (unpaired) electrons. The molecular weight excluding hydrogens is 396 g/mol. The maximum absolute atomic E-state index is 12.7. The van der Waals surface area contributed by atoms with Gasteiger partial charge in [0.15, 0.2) is 0 Å². The topological polar surface area (TPSA) is 49.9 Å². The zero-order valence-corrected chi connectivity index (χ0v) is 19.7. The van der Waals surface area contributed by atoms with E-state index in [9.17, 15) is 8.42 Å². The summed E-state index contributed by atoms with van der Waals surface area (Å²) in [6.07, 6.45) is 10.7. The van der Waals surface area contributed by atoms with Gasteiger partial charge in [0.2, 0.25) is 10.0 Å². The Balaban J connectivity index is 1.60. The Hall–Kier alpha value is -1.21. The Kier molecular flexibility index (Phi) is 11.1. The first-order chi connectivity index (χ1) is 14.4. The molecule has 1 aromatic carbocycles. The van der Waals surface area contributed by atoms with Crippen LogP contribution in [-0.4, -0.2) is 63.6 Å². The molecule has 1 fully saturated rings. The lowest BCUT2D eigenvalue weighted by Crippen LogP contribution is -2.41. The molecule has 0 amide bonds. The summed E-state index contributed by atoms with van der Waals surface area (Å²) in [6.45, 7) is 6.66. The van der Waals surface area contributed by atoms with E-state index < -0.39 is 10.0 Å². The van der Waals surface area contributed by atoms with E-state index in [4.69, 9.17) is 4.74 Å². The minimum atomic E-state index is -3.29. The van der Waals surface area contributed by atoms with E-state index in [0.717, 1.165) is 57.4 Å². The summed E-state index contributed by atoms with van der Waals surface area (Å²) in [4.78, 5) is 2.29. The lowest BCUT2D eigenvalue weighted by molar-refractivity contribution is 0.0156. The molecule has 0 unspecified atom stereocenters. The average Bonchev–Trinajstić information content (AvgIpc) is 2.73. The Bertz CT molecular complexity index is 700. The van der Waals surface area contributed by atoms with Crippen LogP contribution in [0.15, 0.2) is 43.0 Å². The maximum Gasteiger partial charge on any atom is 0.218 e. The van der Waals surface area contributed by atoms with Crippen LogP contribution in [0.4, 0.5) is 0 Å². The van der Waals surface area contributed by atoms with E-state index in [1.165, 1.54) is 19.3 Å². The highest BCUT2D eigenvalue weighted by atomic mass is 32.2. The summed E-state index contributed by atoms with van der Waals surface area (Å²) in [5.74, 6) is 0.0736. The van der Waals surface area contributed by atoms with Crippen LogP contribution in [0.25, 0.3) is 0 Å². The lowest BCUT2D eigenvalue weighted by Gasteiger charge is -2.34. The van der Waals surface area contributed by atoms with Crippen LogP contribution in [0.1, 0.15) is 56.9 Å². The van der Waals surface area contributed by atoms with Crippen LogP contribution in [-0.2, 0) is 20.5 Å². The van der Waals surface area contributed by atoms with E-state index in [1.807, 2.05) is 36.4 Å². The zero-order valence-electron chi connectivity index (χ0n) is 18.8. The SMILES string of the molecule is C=CCN(C)CCCCCCO[C@H]1CC[C@H](N(C)S(=O)(=O)Cc2ccccc2)CC1. The third-order valence-corrected chi connectivity index (χ3v) is 7.89. The molecule has 0 bridgehead atoms. The summed E-state index contributed by atoms with van der Waals surface area (Å²) in [6, 6.07) is 9.50. The van der Waals surface area contributed by atoms with Crippen molar-refractivity contribution in [1.82, 2.24) is 9.21 Å². The molecule has 1 saturated carbocycles. The summed E-state index contributed by atoms with van der Waals surface area (Å²) < 4.78 is 33.2. The van der Waals surface area contributed by atoms with E-state index >= 15 is 0 Å². The van der Waals surface area contributed by atoms with Crippen molar-refractivity contribution in [3.05, 3.63) is 48.6 Å². The zero-order chi connectivity index (χ0) is 21.8. The summed E-state index contributed by atoms with van der Waals surface area (Å²) in [5.41, 5.74) is 0.841. The number of benzene rings is 1. The normalized spacial score (nSPS) is 20.0. The molecule has 1 aliphatic rings. The van der Waals surface area contributed by atoms with Crippen molar-refractivity contribution in [3.63, 3.8) is 0 Å². The Morgan fingerprint density at radius 1 is 1.03 bits per heavy atom. The molecule has 0 aliphatic heterocycles. The molecule has 0 spiro atoms. The van der Waals surface area contributed by atoms with Gasteiger partial charge in [-0.1, -0.05) is 49.2 Å². The predicted molar refractivity (Wildman–Crippen MR) is 125 cm³/mol. The quantitative estimate of drug-likeness (QED) is 0.319. The fourth-order valence-corrected chi connectivity index (χ4v) is 5.57. The highest BCUT2D eigenvalue weighted by Crippen LogP contribution is 2.27. The number of rotatable bonds is 14. The van der Waals surface area contributed by atoms with E-state index in [1.54, 1.807) is 11.4 Å². The van der Waals surface area contributed by atoms with Crippen LogP contribution in [0.3, 0.4) is 0 Å². The number of hydrogen-bond acceptors (Lipinski definition) is 4. The van der Waals surface area contributed by atoms with Gasteiger partial charge in [-0.05, 0) is 57.7 Å². The van der Waals surface area contributed by atoms with Gasteiger partial charge in [-0.25, -0.2) is 12.7 Å². The highest BCUT2D eigenvalue weighted by molar-refractivity contribution is 7.88. The number of ether oxygens (including phenoxy) is 1. The monoisotopic (exact) mass is 436 g/mol. The Morgan fingerprint density at radius 3 is 2.37 bits per heavy atom. The van der Waals surface area contributed by atoms with Crippen LogP contribution in [0.2, 0.25) is 0 Å². The molecule has 0 atom stereocenters. The van der Waals surface area contributed by atoms with Crippen molar-refractivity contribution in [2.24, 2.45) is 0 Å². The molecule has 0 heterocycles. The largest absolute Gasteiger partial charge is 0.378 e. The van der Waals surface area contributed by atoms with Gasteiger partial charge in [0, 0.05) is 26.2 Å². The molecule has 5 nitrogen and oxygen atoms in total. The third-order valence-electron chi connectivity index (χ3n) is 6.02. The number of unbranched alkanes of at least 4 members (excludes halogenated alkanes) is 3. The molecule has 0 aromatic heterocycles. The smallest absolute Gasteiger partial charge is 0.218 e. The Morgan fingerprint density at radius 2 is 1.70 bits per heavy atom. The third kappa shape index (κ3) is 8.88. The first-order valence-corrected chi connectivity index (χ1v) is 12.9. The van der Waals surface area contributed by atoms with E-state index in [2.05, 4.69) is 18.5 Å². The van der Waals surface area contributed by atoms with Gasteiger partial charge >= 0.3 is 0 Å². The standard InChI is InChI=1S/C24H40N2O3S/c1-4-18-25(2)19-10-5-6-11-20-29-24-16-14-23(15-17-24)26(3)30(27,28)21-22-12-8-7-9-13-22/h4,7-9,12-13,23-24H,1,5-6,10-11,14-21H2,2-3H3/t23-,24-. The number of nitrogens with zero attached hydrogens (tertiary/aromatic N) is 2. The predicted octanol–water partition coefficient (Wildman–Crippen LogP) is 4.45. The molecule has 6 heteroatoms. The lowest BCUT2D eigenvalue weighted by atomic mass is 9.93. The fourth-order valence-electron chi connectivity index (χ4n) is 4.09. The van der Waals surface area contributed by atoms with Gasteiger partial charge < -0.3 is 9.64 Å². The minimum absolute atomic E-state index is 0.0736. The van der Waals surface area contributed by atoms with Gasteiger partial charge in [-0.3, -0.25) is 0 Å². The van der Waals surface area contributed by atoms with Gasteiger partial charge in [-0.2, -0.15) is 0 Å². The van der Waals surface area contributed by atoms with Crippen molar-refractivity contribution >= 4 is 10.0 Å². The van der Waals surface area contributed by atoms with Gasteiger partial charge in [0.1, 0.15) is 0 Å². The first-order valence-electron chi connectivity index (χ1n) is 11.3. The molecule has 2 rings (SSSR count). The van der Waals surface area contributed by atoms with E-state index in [0.29, 0.717) is 0 Å². The summed E-state index contributed by atoms with van der Waals surface area (Å²) in [7, 11) is 0.577. The summed E-state index contributed by atoms with van der Waals surface area (Å²) >= 11 is 0. The van der Waals surface area contributed by atoms with Crippen LogP contribution < -0.4 is 0 Å². The van der Waals surface area contributed by atoms with E-state index in [-0.39, 0.29) is 17.9 Å². The number of hydrogen-bond donors (Lipinski definition) is 0. The van der Waals surface area contributed by atoms with Crippen LogP contribution >= 0.6 is 0 Å². The van der Waals surface area contributed by atoms with Crippen molar-refractivity contribution in [2.45, 2.75) is 69.3 Å². The van der Waals surface area contributed by atoms with Gasteiger partial charge in [0.25, 0.3) is 0 Å². The second-order valence-corrected chi connectivity index (χ2v) is 10.6.